The number of rotatable bonds is 8. The zero-order valence-electron chi connectivity index (χ0n) is 19.6. The van der Waals surface area contributed by atoms with Crippen molar-refractivity contribution in [3.63, 3.8) is 0 Å². The van der Waals surface area contributed by atoms with E-state index >= 15 is 0 Å². The number of nitrogens with one attached hydrogen (secondary N) is 2. The lowest BCUT2D eigenvalue weighted by Gasteiger charge is -2.25. The summed E-state index contributed by atoms with van der Waals surface area (Å²) in [6.07, 6.45) is 0.780. The maximum Gasteiger partial charge on any atom is 0.322 e. The second kappa shape index (κ2) is 11.4. The van der Waals surface area contributed by atoms with Crippen LogP contribution < -0.4 is 10.6 Å². The van der Waals surface area contributed by atoms with E-state index in [-0.39, 0.29) is 24.1 Å². The normalized spacial score (nSPS) is 10.8. The van der Waals surface area contributed by atoms with Gasteiger partial charge >= 0.3 is 12.1 Å². The van der Waals surface area contributed by atoms with Gasteiger partial charge in [0, 0.05) is 36.5 Å². The van der Waals surface area contributed by atoms with Crippen LogP contribution in [0.5, 0.6) is 0 Å². The molecule has 0 heterocycles. The van der Waals surface area contributed by atoms with Crippen molar-refractivity contribution in [1.29, 1.82) is 0 Å². The number of anilines is 2. The number of carbonyl (C=O) groups is 2. The Kier molecular flexibility index (Phi) is 8.91. The van der Waals surface area contributed by atoms with Crippen molar-refractivity contribution in [2.24, 2.45) is 0 Å². The van der Waals surface area contributed by atoms with Crippen LogP contribution in [0.1, 0.15) is 52.7 Å². The van der Waals surface area contributed by atoms with Crippen molar-refractivity contribution < 1.29 is 9.59 Å². The van der Waals surface area contributed by atoms with E-state index in [2.05, 4.69) is 10.6 Å². The first-order valence-electron chi connectivity index (χ1n) is 11.1. The average Bonchev–Trinajstić information content (AvgIpc) is 2.71. The minimum absolute atomic E-state index is 0.0815. The Morgan fingerprint density at radius 2 is 1.00 bits per heavy atom. The lowest BCUT2D eigenvalue weighted by atomic mass is 10.0. The smallest absolute Gasteiger partial charge is 0.322 e. The third kappa shape index (κ3) is 7.02. The van der Waals surface area contributed by atoms with Gasteiger partial charge in [-0.2, -0.15) is 0 Å². The van der Waals surface area contributed by atoms with Crippen molar-refractivity contribution in [2.45, 2.75) is 60.0 Å². The number of nitrogens with zero attached hydrogens (tertiary/aromatic N) is 2. The molecule has 0 saturated heterocycles. The summed E-state index contributed by atoms with van der Waals surface area (Å²) in [5.41, 5.74) is 3.89. The molecule has 0 aliphatic carbocycles. The topological polar surface area (TPSA) is 64.7 Å². The number of carbonyl (C=O) groups excluding carboxylic acids is 2. The van der Waals surface area contributed by atoms with Crippen LogP contribution in [0, 0.1) is 0 Å². The Balaban J connectivity index is 1.95. The van der Waals surface area contributed by atoms with Gasteiger partial charge in [-0.25, -0.2) is 9.59 Å². The quantitative estimate of drug-likeness (QED) is 0.562. The highest BCUT2D eigenvalue weighted by atomic mass is 16.2. The SMILES string of the molecule is CCN(C(=O)Nc1ccc(Cc2ccc(NC(=O)N(CC)C(C)C)cc2)cc1)C(C)C. The highest BCUT2D eigenvalue weighted by Crippen LogP contribution is 2.17. The van der Waals surface area contributed by atoms with Crippen molar-refractivity contribution in [1.82, 2.24) is 9.80 Å². The minimum atomic E-state index is -0.0815. The molecule has 2 rings (SSSR count). The standard InChI is InChI=1S/C25H36N4O2/c1-7-28(18(3)4)24(30)26-22-13-9-20(10-14-22)17-21-11-15-23(16-12-21)27-25(31)29(8-2)19(5)6/h9-16,18-19H,7-8,17H2,1-6H3,(H,26,30)(H,27,31). The van der Waals surface area contributed by atoms with Crippen LogP contribution in [0.4, 0.5) is 21.0 Å². The summed E-state index contributed by atoms with van der Waals surface area (Å²) < 4.78 is 0. The molecule has 4 amide bonds. The minimum Gasteiger partial charge on any atom is -0.322 e. The van der Waals surface area contributed by atoms with Crippen molar-refractivity contribution in [3.05, 3.63) is 59.7 Å². The molecule has 0 bridgehead atoms. The molecule has 0 unspecified atom stereocenters. The molecular weight excluding hydrogens is 388 g/mol. The molecule has 0 atom stereocenters. The van der Waals surface area contributed by atoms with E-state index in [9.17, 15) is 9.59 Å². The van der Waals surface area contributed by atoms with Gasteiger partial charge in [0.25, 0.3) is 0 Å². The van der Waals surface area contributed by atoms with Crippen LogP contribution >= 0.6 is 0 Å². The van der Waals surface area contributed by atoms with Crippen LogP contribution in [0.25, 0.3) is 0 Å². The van der Waals surface area contributed by atoms with E-state index < -0.39 is 0 Å². The van der Waals surface area contributed by atoms with Crippen LogP contribution in [-0.4, -0.2) is 47.0 Å². The van der Waals surface area contributed by atoms with E-state index in [1.54, 1.807) is 9.80 Å². The molecule has 31 heavy (non-hydrogen) atoms. The summed E-state index contributed by atoms with van der Waals surface area (Å²) in [6.45, 7) is 13.3. The van der Waals surface area contributed by atoms with E-state index in [1.165, 1.54) is 0 Å². The lowest BCUT2D eigenvalue weighted by molar-refractivity contribution is 0.200. The summed E-state index contributed by atoms with van der Waals surface area (Å²) in [7, 11) is 0. The number of urea groups is 2. The first-order chi connectivity index (χ1) is 14.7. The fourth-order valence-corrected chi connectivity index (χ4v) is 3.52. The summed E-state index contributed by atoms with van der Waals surface area (Å²) in [6, 6.07) is 16.0. The Hall–Kier alpha value is -3.02. The Morgan fingerprint density at radius 3 is 1.26 bits per heavy atom. The Morgan fingerprint density at radius 1 is 0.677 bits per heavy atom. The highest BCUT2D eigenvalue weighted by molar-refractivity contribution is 5.90. The molecule has 0 fully saturated rings. The maximum atomic E-state index is 12.3. The molecule has 6 heteroatoms. The number of hydrogen-bond acceptors (Lipinski definition) is 2. The Bertz CT molecular complexity index is 773. The van der Waals surface area contributed by atoms with Gasteiger partial charge in [0.05, 0.1) is 0 Å². The monoisotopic (exact) mass is 424 g/mol. The molecular formula is C25H36N4O2. The van der Waals surface area contributed by atoms with E-state index in [4.69, 9.17) is 0 Å². The first-order valence-corrected chi connectivity index (χ1v) is 11.1. The number of amides is 4. The maximum absolute atomic E-state index is 12.3. The fourth-order valence-electron chi connectivity index (χ4n) is 3.52. The van der Waals surface area contributed by atoms with Gasteiger partial charge in [0.1, 0.15) is 0 Å². The second-order valence-electron chi connectivity index (χ2n) is 8.19. The van der Waals surface area contributed by atoms with Crippen molar-refractivity contribution in [2.75, 3.05) is 23.7 Å². The molecule has 0 aliphatic rings. The molecule has 2 aromatic carbocycles. The van der Waals surface area contributed by atoms with Crippen molar-refractivity contribution >= 4 is 23.4 Å². The zero-order valence-corrected chi connectivity index (χ0v) is 19.6. The zero-order chi connectivity index (χ0) is 23.0. The average molecular weight is 425 g/mol. The van der Waals surface area contributed by atoms with E-state index in [1.807, 2.05) is 90.1 Å². The molecule has 168 valence electrons. The van der Waals surface area contributed by atoms with Crippen LogP contribution in [-0.2, 0) is 6.42 Å². The molecule has 0 radical (unpaired) electrons. The van der Waals surface area contributed by atoms with Gasteiger partial charge in [-0.15, -0.1) is 0 Å². The number of benzene rings is 2. The summed E-state index contributed by atoms with van der Waals surface area (Å²) in [4.78, 5) is 28.3. The third-order valence-electron chi connectivity index (χ3n) is 5.27. The van der Waals surface area contributed by atoms with Gasteiger partial charge in [-0.3, -0.25) is 0 Å². The molecule has 0 aliphatic heterocycles. The first kappa shape index (κ1) is 24.3. The Labute approximate surface area is 186 Å². The van der Waals surface area contributed by atoms with Gasteiger partial charge in [-0.05, 0) is 83.4 Å². The van der Waals surface area contributed by atoms with Crippen LogP contribution in [0.15, 0.2) is 48.5 Å². The largest absolute Gasteiger partial charge is 0.322 e. The van der Waals surface area contributed by atoms with E-state index in [0.29, 0.717) is 13.1 Å². The number of hydrogen-bond donors (Lipinski definition) is 2. The molecule has 2 aromatic rings. The van der Waals surface area contributed by atoms with Crippen molar-refractivity contribution in [3.8, 4) is 0 Å². The highest BCUT2D eigenvalue weighted by Gasteiger charge is 2.15. The van der Waals surface area contributed by atoms with E-state index in [0.717, 1.165) is 28.9 Å². The van der Waals surface area contributed by atoms with Crippen LogP contribution in [0.2, 0.25) is 0 Å². The van der Waals surface area contributed by atoms with Gasteiger partial charge in [-0.1, -0.05) is 24.3 Å². The fraction of sp³-hybridized carbons (Fsp3) is 0.440. The van der Waals surface area contributed by atoms with Gasteiger partial charge in [0.2, 0.25) is 0 Å². The lowest BCUT2D eigenvalue weighted by Crippen LogP contribution is -2.39. The third-order valence-corrected chi connectivity index (χ3v) is 5.27. The van der Waals surface area contributed by atoms with Crippen LogP contribution in [0.3, 0.4) is 0 Å². The molecule has 0 aromatic heterocycles. The summed E-state index contributed by atoms with van der Waals surface area (Å²) in [5.74, 6) is 0. The van der Waals surface area contributed by atoms with Gasteiger partial charge in [0.15, 0.2) is 0 Å². The molecule has 0 saturated carbocycles. The summed E-state index contributed by atoms with van der Waals surface area (Å²) >= 11 is 0. The molecule has 2 N–H and O–H groups in total. The predicted molar refractivity (Wildman–Crippen MR) is 129 cm³/mol. The molecule has 0 spiro atoms. The summed E-state index contributed by atoms with van der Waals surface area (Å²) in [5, 5.41) is 5.91. The molecule has 6 nitrogen and oxygen atoms in total. The van der Waals surface area contributed by atoms with Gasteiger partial charge < -0.3 is 20.4 Å². The second-order valence-corrected chi connectivity index (χ2v) is 8.19. The predicted octanol–water partition coefficient (Wildman–Crippen LogP) is 5.80.